The molecule has 1 heterocycles. The third-order valence-electron chi connectivity index (χ3n) is 4.05. The molecule has 0 amide bonds. The standard InChI is InChI=1S/C21H13Br2FN2/c22-16-8-4-13(5-9-16)19-20(14-6-10-17(23)11-7-14)26-21(25-19)15-2-1-3-18(24)12-15/h1-12H,(H,25,26). The van der Waals surface area contributed by atoms with Crippen LogP contribution in [0.4, 0.5) is 4.39 Å². The van der Waals surface area contributed by atoms with E-state index in [-0.39, 0.29) is 5.82 Å². The fourth-order valence-electron chi connectivity index (χ4n) is 2.79. The summed E-state index contributed by atoms with van der Waals surface area (Å²) in [7, 11) is 0. The van der Waals surface area contributed by atoms with Gasteiger partial charge in [-0.3, -0.25) is 0 Å². The molecule has 0 aliphatic rings. The summed E-state index contributed by atoms with van der Waals surface area (Å²) in [5.74, 6) is 0.356. The Balaban J connectivity index is 1.90. The van der Waals surface area contributed by atoms with E-state index in [1.54, 1.807) is 6.07 Å². The summed E-state index contributed by atoms with van der Waals surface area (Å²) in [6.45, 7) is 0. The maximum Gasteiger partial charge on any atom is 0.138 e. The average molecular weight is 472 g/mol. The van der Waals surface area contributed by atoms with E-state index in [9.17, 15) is 4.39 Å². The number of imidazole rings is 1. The van der Waals surface area contributed by atoms with E-state index in [4.69, 9.17) is 4.98 Å². The molecule has 0 radical (unpaired) electrons. The molecule has 2 nitrogen and oxygen atoms in total. The smallest absolute Gasteiger partial charge is 0.138 e. The molecule has 0 fully saturated rings. The van der Waals surface area contributed by atoms with Crippen molar-refractivity contribution in [2.24, 2.45) is 0 Å². The van der Waals surface area contributed by atoms with Gasteiger partial charge in [0.05, 0.1) is 11.4 Å². The second-order valence-electron chi connectivity index (χ2n) is 5.83. The molecule has 0 aliphatic heterocycles. The van der Waals surface area contributed by atoms with Gasteiger partial charge in [0.15, 0.2) is 0 Å². The number of hydrogen-bond donors (Lipinski definition) is 1. The number of rotatable bonds is 3. The van der Waals surface area contributed by atoms with Crippen LogP contribution in [0.25, 0.3) is 33.9 Å². The summed E-state index contributed by atoms with van der Waals surface area (Å²) >= 11 is 6.93. The molecule has 4 aromatic rings. The van der Waals surface area contributed by atoms with Crippen molar-refractivity contribution >= 4 is 31.9 Å². The molecule has 0 bridgehead atoms. The molecule has 26 heavy (non-hydrogen) atoms. The van der Waals surface area contributed by atoms with Crippen molar-refractivity contribution in [2.75, 3.05) is 0 Å². The molecule has 0 aliphatic carbocycles. The Bertz CT molecular complexity index is 991. The van der Waals surface area contributed by atoms with E-state index in [0.29, 0.717) is 11.4 Å². The zero-order valence-corrected chi connectivity index (χ0v) is 16.7. The fourth-order valence-corrected chi connectivity index (χ4v) is 3.32. The van der Waals surface area contributed by atoms with Crippen LogP contribution in [0.5, 0.6) is 0 Å². The minimum absolute atomic E-state index is 0.283. The highest BCUT2D eigenvalue weighted by atomic mass is 79.9. The number of hydrogen-bond acceptors (Lipinski definition) is 1. The van der Waals surface area contributed by atoms with E-state index in [1.807, 2.05) is 54.6 Å². The quantitative estimate of drug-likeness (QED) is 0.340. The largest absolute Gasteiger partial charge is 0.337 e. The Kier molecular flexibility index (Phi) is 4.74. The van der Waals surface area contributed by atoms with E-state index in [2.05, 4.69) is 36.8 Å². The molecule has 5 heteroatoms. The van der Waals surface area contributed by atoms with Crippen LogP contribution in [0.2, 0.25) is 0 Å². The third kappa shape index (κ3) is 3.50. The third-order valence-corrected chi connectivity index (χ3v) is 5.11. The van der Waals surface area contributed by atoms with Crippen LogP contribution in [0.15, 0.2) is 81.7 Å². The first-order valence-corrected chi connectivity index (χ1v) is 9.56. The topological polar surface area (TPSA) is 28.7 Å². The maximum absolute atomic E-state index is 13.6. The normalized spacial score (nSPS) is 10.9. The van der Waals surface area contributed by atoms with Gasteiger partial charge >= 0.3 is 0 Å². The van der Waals surface area contributed by atoms with Crippen molar-refractivity contribution in [2.45, 2.75) is 0 Å². The van der Waals surface area contributed by atoms with Crippen LogP contribution in [-0.4, -0.2) is 9.97 Å². The van der Waals surface area contributed by atoms with Crippen LogP contribution < -0.4 is 0 Å². The van der Waals surface area contributed by atoms with Gasteiger partial charge < -0.3 is 4.98 Å². The Hall–Kier alpha value is -2.24. The fraction of sp³-hybridized carbons (Fsp3) is 0. The molecule has 128 valence electrons. The Morgan fingerprint density at radius 3 is 1.96 bits per heavy atom. The first kappa shape index (κ1) is 17.2. The number of aromatic nitrogens is 2. The summed E-state index contributed by atoms with van der Waals surface area (Å²) in [4.78, 5) is 8.14. The lowest BCUT2D eigenvalue weighted by Crippen LogP contribution is -1.83. The first-order valence-electron chi connectivity index (χ1n) is 7.98. The number of nitrogens with zero attached hydrogens (tertiary/aromatic N) is 1. The number of halogens is 3. The van der Waals surface area contributed by atoms with Gasteiger partial charge in [0.25, 0.3) is 0 Å². The summed E-state index contributed by atoms with van der Waals surface area (Å²) in [6.07, 6.45) is 0. The minimum atomic E-state index is -0.283. The number of aromatic amines is 1. The summed E-state index contributed by atoms with van der Waals surface area (Å²) in [6, 6.07) is 22.5. The SMILES string of the molecule is Fc1cccc(-c2nc(-c3ccc(Br)cc3)c(-c3ccc(Br)cc3)[nH]2)c1. The average Bonchev–Trinajstić information content (AvgIpc) is 3.08. The lowest BCUT2D eigenvalue weighted by Gasteiger charge is -2.04. The number of nitrogens with one attached hydrogen (secondary N) is 1. The molecule has 0 saturated heterocycles. The lowest BCUT2D eigenvalue weighted by atomic mass is 10.1. The van der Waals surface area contributed by atoms with Gasteiger partial charge in [-0.25, -0.2) is 9.37 Å². The predicted octanol–water partition coefficient (Wildman–Crippen LogP) is 7.07. The van der Waals surface area contributed by atoms with Gasteiger partial charge in [0.2, 0.25) is 0 Å². The molecule has 0 unspecified atom stereocenters. The highest BCUT2D eigenvalue weighted by Gasteiger charge is 2.15. The molecule has 3 aromatic carbocycles. The highest BCUT2D eigenvalue weighted by molar-refractivity contribution is 9.10. The molecular formula is C21H13Br2FN2. The van der Waals surface area contributed by atoms with Gasteiger partial charge in [0, 0.05) is 25.6 Å². The van der Waals surface area contributed by atoms with Crippen LogP contribution in [0, 0.1) is 5.82 Å². The lowest BCUT2D eigenvalue weighted by molar-refractivity contribution is 0.628. The number of H-pyrrole nitrogens is 1. The van der Waals surface area contributed by atoms with Crippen molar-refractivity contribution < 1.29 is 4.39 Å². The zero-order valence-electron chi connectivity index (χ0n) is 13.5. The summed E-state index contributed by atoms with van der Waals surface area (Å²) < 4.78 is 15.7. The Morgan fingerprint density at radius 2 is 1.35 bits per heavy atom. The zero-order chi connectivity index (χ0) is 18.1. The predicted molar refractivity (Wildman–Crippen MR) is 110 cm³/mol. The van der Waals surface area contributed by atoms with Gasteiger partial charge in [-0.05, 0) is 36.4 Å². The highest BCUT2D eigenvalue weighted by Crippen LogP contribution is 2.34. The van der Waals surface area contributed by atoms with E-state index >= 15 is 0 Å². The molecule has 4 rings (SSSR count). The molecule has 1 aromatic heterocycles. The van der Waals surface area contributed by atoms with Gasteiger partial charge in [0.1, 0.15) is 11.6 Å². The van der Waals surface area contributed by atoms with Crippen molar-refractivity contribution in [1.29, 1.82) is 0 Å². The van der Waals surface area contributed by atoms with Gasteiger partial charge in [-0.1, -0.05) is 68.3 Å². The second-order valence-corrected chi connectivity index (χ2v) is 7.66. The van der Waals surface area contributed by atoms with Gasteiger partial charge in [-0.15, -0.1) is 0 Å². The molecule has 0 saturated carbocycles. The minimum Gasteiger partial charge on any atom is -0.337 e. The van der Waals surface area contributed by atoms with Crippen molar-refractivity contribution in [3.05, 3.63) is 87.6 Å². The van der Waals surface area contributed by atoms with Crippen molar-refractivity contribution in [3.63, 3.8) is 0 Å². The molecule has 1 N–H and O–H groups in total. The second kappa shape index (κ2) is 7.17. The first-order chi connectivity index (χ1) is 12.6. The Labute approximate surface area is 167 Å². The molecular weight excluding hydrogens is 459 g/mol. The van der Waals surface area contributed by atoms with Crippen molar-refractivity contribution in [3.8, 4) is 33.9 Å². The van der Waals surface area contributed by atoms with Gasteiger partial charge in [-0.2, -0.15) is 0 Å². The van der Waals surface area contributed by atoms with E-state index in [0.717, 1.165) is 31.5 Å². The monoisotopic (exact) mass is 470 g/mol. The summed E-state index contributed by atoms with van der Waals surface area (Å²) in [5.41, 5.74) is 4.45. The number of benzene rings is 3. The molecule has 0 atom stereocenters. The van der Waals surface area contributed by atoms with Crippen LogP contribution in [-0.2, 0) is 0 Å². The van der Waals surface area contributed by atoms with Crippen LogP contribution in [0.1, 0.15) is 0 Å². The maximum atomic E-state index is 13.6. The van der Waals surface area contributed by atoms with E-state index < -0.39 is 0 Å². The van der Waals surface area contributed by atoms with E-state index in [1.165, 1.54) is 12.1 Å². The van der Waals surface area contributed by atoms with Crippen LogP contribution in [0.3, 0.4) is 0 Å². The van der Waals surface area contributed by atoms with Crippen molar-refractivity contribution in [1.82, 2.24) is 9.97 Å². The van der Waals surface area contributed by atoms with Crippen LogP contribution >= 0.6 is 31.9 Å². The molecule has 0 spiro atoms. The Morgan fingerprint density at radius 1 is 0.731 bits per heavy atom. The summed E-state index contributed by atoms with van der Waals surface area (Å²) in [5, 5.41) is 0.